The number of thioether (sulfide) groups is 1. The van der Waals surface area contributed by atoms with Crippen molar-refractivity contribution in [3.05, 3.63) is 95.1 Å². The summed E-state index contributed by atoms with van der Waals surface area (Å²) in [4.78, 5) is 12.5. The van der Waals surface area contributed by atoms with Gasteiger partial charge in [0.2, 0.25) is 0 Å². The third-order valence-corrected chi connectivity index (χ3v) is 6.21. The lowest BCUT2D eigenvalue weighted by Gasteiger charge is -2.10. The third-order valence-electron chi connectivity index (χ3n) is 5.29. The molecule has 0 aliphatic rings. The van der Waals surface area contributed by atoms with Crippen LogP contribution >= 0.6 is 11.8 Å². The van der Waals surface area contributed by atoms with Crippen molar-refractivity contribution in [2.45, 2.75) is 24.9 Å². The number of alkyl halides is 3. The highest BCUT2D eigenvalue weighted by Gasteiger charge is 2.30. The summed E-state index contributed by atoms with van der Waals surface area (Å²) in [5, 5.41) is 0. The number of methoxy groups -OCH3 is 1. The number of aryl methyl sites for hydroxylation is 1. The number of esters is 1. The zero-order chi connectivity index (χ0) is 27.5. The normalized spacial score (nSPS) is 11.4. The fraction of sp³-hybridized carbons (Fsp3) is 0.233. The second-order valence-corrected chi connectivity index (χ2v) is 9.10. The number of allylic oxidation sites excluding steroid dienone is 1. The van der Waals surface area contributed by atoms with E-state index >= 15 is 0 Å². The van der Waals surface area contributed by atoms with Crippen LogP contribution in [0.3, 0.4) is 0 Å². The first-order valence-electron chi connectivity index (χ1n) is 11.8. The second-order valence-electron chi connectivity index (χ2n) is 8.00. The Morgan fingerprint density at radius 1 is 1.03 bits per heavy atom. The summed E-state index contributed by atoms with van der Waals surface area (Å²) in [5.74, 6) is 7.59. The summed E-state index contributed by atoms with van der Waals surface area (Å²) in [6.45, 7) is 3.75. The Labute approximate surface area is 224 Å². The molecule has 0 saturated heterocycles. The van der Waals surface area contributed by atoms with Crippen LogP contribution in [-0.2, 0) is 15.7 Å². The number of halogens is 3. The highest BCUT2D eigenvalue weighted by molar-refractivity contribution is 7.99. The van der Waals surface area contributed by atoms with Gasteiger partial charge in [-0.2, -0.15) is 13.2 Å². The van der Waals surface area contributed by atoms with Gasteiger partial charge in [0, 0.05) is 21.8 Å². The molecule has 0 aromatic heterocycles. The first-order chi connectivity index (χ1) is 18.2. The van der Waals surface area contributed by atoms with E-state index in [2.05, 4.69) is 11.8 Å². The van der Waals surface area contributed by atoms with Gasteiger partial charge in [-0.05, 0) is 79.6 Å². The minimum absolute atomic E-state index is 0.159. The van der Waals surface area contributed by atoms with E-state index in [-0.39, 0.29) is 6.61 Å². The molecule has 3 aromatic carbocycles. The van der Waals surface area contributed by atoms with Crippen molar-refractivity contribution in [1.82, 2.24) is 0 Å². The Morgan fingerprint density at radius 3 is 2.34 bits per heavy atom. The summed E-state index contributed by atoms with van der Waals surface area (Å²) < 4.78 is 54.7. The molecule has 3 rings (SSSR count). The first-order valence-corrected chi connectivity index (χ1v) is 12.7. The molecule has 0 aliphatic carbocycles. The molecule has 8 heteroatoms. The van der Waals surface area contributed by atoms with Crippen molar-refractivity contribution in [3.63, 3.8) is 0 Å². The SMILES string of the molecule is CCOC(=O)COc1ccc(SCC=C(C#Cc2ccc(OC)cc2)c2ccc(C(F)(F)F)cc2)cc1C. The van der Waals surface area contributed by atoms with Crippen molar-refractivity contribution in [2.24, 2.45) is 0 Å². The maximum Gasteiger partial charge on any atom is 0.416 e. The lowest BCUT2D eigenvalue weighted by atomic mass is 10.0. The minimum Gasteiger partial charge on any atom is -0.497 e. The lowest BCUT2D eigenvalue weighted by Crippen LogP contribution is -2.14. The molecule has 0 heterocycles. The number of benzene rings is 3. The minimum atomic E-state index is -4.41. The van der Waals surface area contributed by atoms with Gasteiger partial charge >= 0.3 is 12.1 Å². The average molecular weight is 541 g/mol. The van der Waals surface area contributed by atoms with Crippen LogP contribution in [0.15, 0.2) is 77.7 Å². The molecule has 38 heavy (non-hydrogen) atoms. The Kier molecular flexibility index (Phi) is 10.3. The lowest BCUT2D eigenvalue weighted by molar-refractivity contribution is -0.145. The van der Waals surface area contributed by atoms with Gasteiger partial charge in [-0.15, -0.1) is 11.8 Å². The molecular weight excluding hydrogens is 513 g/mol. The van der Waals surface area contributed by atoms with Crippen LogP contribution in [0.2, 0.25) is 0 Å². The molecule has 0 amide bonds. The van der Waals surface area contributed by atoms with Gasteiger partial charge in [0.05, 0.1) is 19.3 Å². The summed E-state index contributed by atoms with van der Waals surface area (Å²) in [7, 11) is 1.58. The topological polar surface area (TPSA) is 44.8 Å². The standard InChI is InChI=1S/C30H27F3O4S/c1-4-36-29(34)20-37-28-16-15-27(19-21(28)2)38-18-17-24(8-5-22-6-13-26(35-3)14-7-22)23-9-11-25(12-10-23)30(31,32)33/h6-7,9-17,19H,4,18,20H2,1-3H3. The second kappa shape index (κ2) is 13.6. The fourth-order valence-corrected chi connectivity index (χ4v) is 4.19. The molecule has 0 N–H and O–H groups in total. The third kappa shape index (κ3) is 8.63. The maximum absolute atomic E-state index is 13.0. The Balaban J connectivity index is 1.77. The van der Waals surface area contributed by atoms with Gasteiger partial charge in [0.15, 0.2) is 6.61 Å². The number of carbonyl (C=O) groups excluding carboxylic acids is 1. The van der Waals surface area contributed by atoms with Crippen molar-refractivity contribution < 1.29 is 32.2 Å². The molecule has 0 fully saturated rings. The van der Waals surface area contributed by atoms with E-state index in [1.165, 1.54) is 12.1 Å². The van der Waals surface area contributed by atoms with E-state index < -0.39 is 17.7 Å². The predicted octanol–water partition coefficient (Wildman–Crippen LogP) is 7.19. The van der Waals surface area contributed by atoms with Gasteiger partial charge in [0.1, 0.15) is 11.5 Å². The molecule has 198 valence electrons. The number of ether oxygens (including phenoxy) is 3. The zero-order valence-electron chi connectivity index (χ0n) is 21.2. The van der Waals surface area contributed by atoms with Crippen molar-refractivity contribution in [3.8, 4) is 23.3 Å². The first kappa shape index (κ1) is 28.7. The average Bonchev–Trinajstić information content (AvgIpc) is 2.90. The van der Waals surface area contributed by atoms with Gasteiger partial charge in [-0.3, -0.25) is 0 Å². The van der Waals surface area contributed by atoms with Crippen LogP contribution in [0.1, 0.15) is 29.2 Å². The van der Waals surface area contributed by atoms with Crippen LogP contribution in [-0.4, -0.2) is 32.0 Å². The van der Waals surface area contributed by atoms with E-state index in [1.54, 1.807) is 44.0 Å². The smallest absolute Gasteiger partial charge is 0.416 e. The van der Waals surface area contributed by atoms with E-state index in [9.17, 15) is 18.0 Å². The van der Waals surface area contributed by atoms with E-state index in [1.807, 2.05) is 37.3 Å². The molecule has 0 unspecified atom stereocenters. The van der Waals surface area contributed by atoms with Crippen LogP contribution in [0, 0.1) is 18.8 Å². The molecule has 3 aromatic rings. The quantitative estimate of drug-likeness (QED) is 0.163. The molecule has 0 aliphatic heterocycles. The monoisotopic (exact) mass is 540 g/mol. The largest absolute Gasteiger partial charge is 0.497 e. The number of rotatable bonds is 9. The molecule has 0 bridgehead atoms. The zero-order valence-corrected chi connectivity index (χ0v) is 22.0. The van der Waals surface area contributed by atoms with Crippen molar-refractivity contribution in [2.75, 3.05) is 26.1 Å². The summed E-state index contributed by atoms with van der Waals surface area (Å²) in [5.41, 5.74) is 2.13. The van der Waals surface area contributed by atoms with Crippen LogP contribution in [0.4, 0.5) is 13.2 Å². The van der Waals surface area contributed by atoms with E-state index in [0.29, 0.717) is 35.0 Å². The fourth-order valence-electron chi connectivity index (χ4n) is 3.33. The molecule has 0 radical (unpaired) electrons. The van der Waals surface area contributed by atoms with Gasteiger partial charge in [0.25, 0.3) is 0 Å². The Bertz CT molecular complexity index is 1320. The summed E-state index contributed by atoms with van der Waals surface area (Å²) in [6.07, 6.45) is -2.51. The molecular formula is C30H27F3O4S. The van der Waals surface area contributed by atoms with E-state index in [0.717, 1.165) is 28.2 Å². The molecule has 0 spiro atoms. The van der Waals surface area contributed by atoms with Crippen molar-refractivity contribution in [1.29, 1.82) is 0 Å². The van der Waals surface area contributed by atoms with Crippen molar-refractivity contribution >= 4 is 23.3 Å². The number of hydrogen-bond donors (Lipinski definition) is 0. The molecule has 0 saturated carbocycles. The van der Waals surface area contributed by atoms with Gasteiger partial charge in [-0.1, -0.05) is 30.0 Å². The number of carbonyl (C=O) groups is 1. The van der Waals surface area contributed by atoms with Crippen LogP contribution in [0.5, 0.6) is 11.5 Å². The highest BCUT2D eigenvalue weighted by Crippen LogP contribution is 2.31. The molecule has 0 atom stereocenters. The molecule has 4 nitrogen and oxygen atoms in total. The van der Waals surface area contributed by atoms with Crippen LogP contribution in [0.25, 0.3) is 5.57 Å². The Hall–Kier alpha value is -3.83. The maximum atomic E-state index is 13.0. The number of hydrogen-bond acceptors (Lipinski definition) is 5. The summed E-state index contributed by atoms with van der Waals surface area (Å²) >= 11 is 1.54. The highest BCUT2D eigenvalue weighted by atomic mass is 32.2. The van der Waals surface area contributed by atoms with Gasteiger partial charge in [-0.25, -0.2) is 4.79 Å². The van der Waals surface area contributed by atoms with Crippen LogP contribution < -0.4 is 9.47 Å². The van der Waals surface area contributed by atoms with Gasteiger partial charge < -0.3 is 14.2 Å². The predicted molar refractivity (Wildman–Crippen MR) is 143 cm³/mol. The summed E-state index contributed by atoms with van der Waals surface area (Å²) in [6, 6.07) is 17.8. The Morgan fingerprint density at radius 2 is 1.74 bits per heavy atom. The van der Waals surface area contributed by atoms with E-state index in [4.69, 9.17) is 14.2 Å².